The van der Waals surface area contributed by atoms with Crippen LogP contribution in [0.15, 0.2) is 41.5 Å². The summed E-state index contributed by atoms with van der Waals surface area (Å²) in [6.07, 6.45) is 2.48. The van der Waals surface area contributed by atoms with Crippen LogP contribution < -0.4 is 24.8 Å². The van der Waals surface area contributed by atoms with Crippen LogP contribution in [0.3, 0.4) is 0 Å². The lowest BCUT2D eigenvalue weighted by molar-refractivity contribution is -0.0505. The Labute approximate surface area is 161 Å². The van der Waals surface area contributed by atoms with Crippen molar-refractivity contribution in [3.8, 4) is 17.2 Å². The molecule has 28 heavy (non-hydrogen) atoms. The van der Waals surface area contributed by atoms with Crippen molar-refractivity contribution in [2.24, 2.45) is 4.99 Å². The zero-order valence-corrected chi connectivity index (χ0v) is 15.5. The first-order valence-electron chi connectivity index (χ1n) is 8.95. The lowest BCUT2D eigenvalue weighted by atomic mass is 10.1. The van der Waals surface area contributed by atoms with Gasteiger partial charge in [-0.2, -0.15) is 8.78 Å². The highest BCUT2D eigenvalue weighted by Crippen LogP contribution is 2.38. The lowest BCUT2D eigenvalue weighted by Crippen LogP contribution is -2.38. The predicted octanol–water partition coefficient (Wildman–Crippen LogP) is 2.71. The number of benzene rings is 1. The van der Waals surface area contributed by atoms with Gasteiger partial charge in [-0.1, -0.05) is 6.07 Å². The Morgan fingerprint density at radius 3 is 2.79 bits per heavy atom. The Morgan fingerprint density at radius 2 is 2.07 bits per heavy atom. The Hall–Kier alpha value is -3.10. The molecule has 9 heteroatoms. The molecule has 0 bridgehead atoms. The van der Waals surface area contributed by atoms with Crippen molar-refractivity contribution in [1.82, 2.24) is 15.6 Å². The molecule has 2 N–H and O–H groups in total. The van der Waals surface area contributed by atoms with E-state index < -0.39 is 6.61 Å². The molecule has 0 fully saturated rings. The number of hydrogen-bond donors (Lipinski definition) is 2. The number of ether oxygens (including phenoxy) is 3. The normalized spacial score (nSPS) is 12.9. The molecular weight excluding hydrogens is 370 g/mol. The highest BCUT2D eigenvalue weighted by molar-refractivity contribution is 5.79. The van der Waals surface area contributed by atoms with Gasteiger partial charge in [-0.05, 0) is 25.1 Å². The molecule has 0 saturated carbocycles. The Morgan fingerprint density at radius 1 is 1.25 bits per heavy atom. The van der Waals surface area contributed by atoms with Crippen LogP contribution in [-0.4, -0.2) is 37.4 Å². The first-order chi connectivity index (χ1) is 13.7. The zero-order valence-electron chi connectivity index (χ0n) is 15.5. The van der Waals surface area contributed by atoms with Crippen LogP contribution in [0, 0.1) is 0 Å². The molecule has 0 unspecified atom stereocenters. The number of nitrogens with one attached hydrogen (secondary N) is 2. The van der Waals surface area contributed by atoms with Crippen molar-refractivity contribution in [1.29, 1.82) is 0 Å². The molecule has 7 nitrogen and oxygen atoms in total. The summed E-state index contributed by atoms with van der Waals surface area (Å²) in [7, 11) is 0. The largest absolute Gasteiger partial charge is 0.454 e. The van der Waals surface area contributed by atoms with E-state index >= 15 is 0 Å². The molecule has 0 radical (unpaired) electrons. The van der Waals surface area contributed by atoms with Gasteiger partial charge in [-0.15, -0.1) is 0 Å². The number of halogens is 2. The summed E-state index contributed by atoms with van der Waals surface area (Å²) >= 11 is 0. The molecular formula is C19H22F2N4O3. The van der Waals surface area contributed by atoms with E-state index in [4.69, 9.17) is 9.47 Å². The van der Waals surface area contributed by atoms with Crippen molar-refractivity contribution < 1.29 is 23.0 Å². The molecule has 2 heterocycles. The second-order valence-corrected chi connectivity index (χ2v) is 5.88. The van der Waals surface area contributed by atoms with Gasteiger partial charge < -0.3 is 24.8 Å². The summed E-state index contributed by atoms with van der Waals surface area (Å²) in [4.78, 5) is 8.74. The van der Waals surface area contributed by atoms with E-state index in [1.165, 1.54) is 6.07 Å². The second kappa shape index (κ2) is 9.72. The zero-order chi connectivity index (χ0) is 19.8. The second-order valence-electron chi connectivity index (χ2n) is 5.88. The van der Waals surface area contributed by atoms with Crippen LogP contribution in [0.2, 0.25) is 0 Å². The quantitative estimate of drug-likeness (QED) is 0.531. The monoisotopic (exact) mass is 392 g/mol. The van der Waals surface area contributed by atoms with E-state index in [2.05, 4.69) is 25.3 Å². The number of hydrogen-bond acceptors (Lipinski definition) is 5. The number of guanidine groups is 1. The fraction of sp³-hybridized carbons (Fsp3) is 0.368. The molecule has 0 saturated heterocycles. The van der Waals surface area contributed by atoms with E-state index in [9.17, 15) is 8.78 Å². The predicted molar refractivity (Wildman–Crippen MR) is 100.0 cm³/mol. The van der Waals surface area contributed by atoms with Crippen molar-refractivity contribution >= 4 is 5.96 Å². The third-order valence-corrected chi connectivity index (χ3v) is 3.92. The minimum atomic E-state index is -2.94. The summed E-state index contributed by atoms with van der Waals surface area (Å²) in [6, 6.07) is 8.77. The molecule has 3 rings (SSSR count). The third kappa shape index (κ3) is 5.45. The van der Waals surface area contributed by atoms with Gasteiger partial charge in [0.15, 0.2) is 17.5 Å². The third-order valence-electron chi connectivity index (χ3n) is 3.92. The Bertz CT molecular complexity index is 803. The van der Waals surface area contributed by atoms with Crippen LogP contribution in [0.5, 0.6) is 17.2 Å². The van der Waals surface area contributed by atoms with Crippen LogP contribution in [-0.2, 0) is 13.0 Å². The van der Waals surface area contributed by atoms with Crippen LogP contribution in [0.1, 0.15) is 18.2 Å². The highest BCUT2D eigenvalue weighted by Gasteiger charge is 2.20. The van der Waals surface area contributed by atoms with Crippen molar-refractivity contribution in [2.75, 3.05) is 19.9 Å². The molecule has 2 aromatic rings. The number of aromatic nitrogens is 1. The molecule has 0 atom stereocenters. The molecule has 1 aliphatic rings. The number of pyridine rings is 1. The molecule has 0 amide bonds. The van der Waals surface area contributed by atoms with E-state index in [-0.39, 0.29) is 19.1 Å². The van der Waals surface area contributed by atoms with E-state index in [1.54, 1.807) is 12.3 Å². The van der Waals surface area contributed by atoms with E-state index in [1.807, 2.05) is 25.1 Å². The first-order valence-corrected chi connectivity index (χ1v) is 8.95. The van der Waals surface area contributed by atoms with Gasteiger partial charge in [0.1, 0.15) is 5.75 Å². The number of fused-ring (bicyclic) bond motifs is 1. The number of aliphatic imine (C=N–C) groups is 1. The fourth-order valence-corrected chi connectivity index (χ4v) is 2.66. The Balaban J connectivity index is 1.67. The smallest absolute Gasteiger partial charge is 0.387 e. The van der Waals surface area contributed by atoms with Crippen LogP contribution in [0.25, 0.3) is 0 Å². The minimum absolute atomic E-state index is 0.0207. The molecule has 1 aromatic carbocycles. The maximum Gasteiger partial charge on any atom is 0.387 e. The van der Waals surface area contributed by atoms with Gasteiger partial charge in [-0.25, -0.2) is 4.99 Å². The number of nitrogens with zero attached hydrogens (tertiary/aromatic N) is 2. The average Bonchev–Trinajstić information content (AvgIpc) is 3.13. The molecule has 1 aromatic heterocycles. The average molecular weight is 392 g/mol. The molecule has 0 aliphatic carbocycles. The van der Waals surface area contributed by atoms with Gasteiger partial charge in [0.2, 0.25) is 6.79 Å². The topological polar surface area (TPSA) is 77.0 Å². The molecule has 0 spiro atoms. The lowest BCUT2D eigenvalue weighted by Gasteiger charge is -2.13. The fourth-order valence-electron chi connectivity index (χ4n) is 2.66. The van der Waals surface area contributed by atoms with Crippen LogP contribution >= 0.6 is 0 Å². The maximum absolute atomic E-state index is 12.7. The van der Waals surface area contributed by atoms with Gasteiger partial charge in [0.05, 0.1) is 6.54 Å². The van der Waals surface area contributed by atoms with Crippen molar-refractivity contribution in [3.05, 3.63) is 47.8 Å². The van der Waals surface area contributed by atoms with Gasteiger partial charge >= 0.3 is 6.61 Å². The first kappa shape index (κ1) is 19.7. The van der Waals surface area contributed by atoms with Crippen molar-refractivity contribution in [2.45, 2.75) is 26.5 Å². The highest BCUT2D eigenvalue weighted by atomic mass is 19.3. The molecule has 150 valence electrons. The summed E-state index contributed by atoms with van der Waals surface area (Å²) in [5.74, 6) is 1.45. The summed E-state index contributed by atoms with van der Waals surface area (Å²) in [5, 5.41) is 6.33. The Kier molecular flexibility index (Phi) is 6.83. The summed E-state index contributed by atoms with van der Waals surface area (Å²) in [6.45, 7) is 0.488. The van der Waals surface area contributed by atoms with Gasteiger partial charge in [0, 0.05) is 43.0 Å². The van der Waals surface area contributed by atoms with Gasteiger partial charge in [0.25, 0.3) is 0 Å². The van der Waals surface area contributed by atoms with Gasteiger partial charge in [-0.3, -0.25) is 4.98 Å². The summed E-state index contributed by atoms with van der Waals surface area (Å²) in [5.41, 5.74) is 1.45. The standard InChI is InChI=1S/C19H22F2N4O3/c1-2-22-19(24-8-6-14-5-3-4-7-23-14)25-11-13-9-16-17(27-12-26-16)10-15(13)28-18(20)21/h3-5,7,9-10,18H,2,6,8,11-12H2,1H3,(H2,22,24,25). The van der Waals surface area contributed by atoms with E-state index in [0.29, 0.717) is 36.1 Å². The van der Waals surface area contributed by atoms with Crippen molar-refractivity contribution in [3.63, 3.8) is 0 Å². The number of rotatable bonds is 8. The molecule has 1 aliphatic heterocycles. The SMILES string of the molecule is CCNC(=NCc1cc2c(cc1OC(F)F)OCO2)NCCc1ccccn1. The maximum atomic E-state index is 12.7. The van der Waals surface area contributed by atoms with E-state index in [0.717, 1.165) is 12.1 Å². The summed E-state index contributed by atoms with van der Waals surface area (Å²) < 4.78 is 40.6. The number of alkyl halides is 2. The minimum Gasteiger partial charge on any atom is -0.454 e. The van der Waals surface area contributed by atoms with Crippen LogP contribution in [0.4, 0.5) is 8.78 Å².